The molecule has 3 N–H and O–H groups in total. The molecule has 0 radical (unpaired) electrons. The van der Waals surface area contributed by atoms with Crippen LogP contribution in [-0.2, 0) is 17.1 Å². The average Bonchev–Trinajstić information content (AvgIpc) is 2.83. The molecule has 2 unspecified atom stereocenters. The molecule has 1 saturated heterocycles. The van der Waals surface area contributed by atoms with Gasteiger partial charge in [0.1, 0.15) is 10.6 Å². The highest BCUT2D eigenvalue weighted by molar-refractivity contribution is 7.89. The Morgan fingerprint density at radius 2 is 2.09 bits per heavy atom. The predicted octanol–water partition coefficient (Wildman–Crippen LogP) is 0.164. The largest absolute Gasteiger partial charge is 0.354 e. The van der Waals surface area contributed by atoms with Crippen molar-refractivity contribution in [1.29, 1.82) is 0 Å². The lowest BCUT2D eigenvalue weighted by atomic mass is 9.96. The van der Waals surface area contributed by atoms with E-state index in [9.17, 15) is 13.2 Å². The lowest BCUT2D eigenvalue weighted by Gasteiger charge is -2.33. The van der Waals surface area contributed by atoms with E-state index in [2.05, 4.69) is 5.32 Å². The van der Waals surface area contributed by atoms with Crippen LogP contribution in [0.1, 0.15) is 23.8 Å². The Kier molecular flexibility index (Phi) is 6.03. The third kappa shape index (κ3) is 3.45. The van der Waals surface area contributed by atoms with Gasteiger partial charge < -0.3 is 15.6 Å². The van der Waals surface area contributed by atoms with E-state index < -0.39 is 10.0 Å². The van der Waals surface area contributed by atoms with Crippen LogP contribution in [-0.4, -0.2) is 49.4 Å². The number of nitrogens with one attached hydrogen (secondary N) is 1. The van der Waals surface area contributed by atoms with Crippen LogP contribution in [0, 0.1) is 5.92 Å². The molecule has 126 valence electrons. The zero-order valence-corrected chi connectivity index (χ0v) is 14.6. The van der Waals surface area contributed by atoms with Crippen molar-refractivity contribution in [2.75, 3.05) is 20.1 Å². The summed E-state index contributed by atoms with van der Waals surface area (Å²) in [5.41, 5.74) is 6.25. The fourth-order valence-corrected chi connectivity index (χ4v) is 4.15. The fourth-order valence-electron chi connectivity index (χ4n) is 2.52. The molecule has 2 rings (SSSR count). The van der Waals surface area contributed by atoms with Gasteiger partial charge in [0.2, 0.25) is 10.0 Å². The van der Waals surface area contributed by atoms with E-state index in [0.29, 0.717) is 25.2 Å². The van der Waals surface area contributed by atoms with Crippen LogP contribution in [0.25, 0.3) is 0 Å². The summed E-state index contributed by atoms with van der Waals surface area (Å²) < 4.78 is 28.3. The molecule has 0 bridgehead atoms. The Morgan fingerprint density at radius 1 is 1.45 bits per heavy atom. The second kappa shape index (κ2) is 6.99. The third-order valence-electron chi connectivity index (χ3n) is 4.01. The Balaban J connectivity index is 0.00000242. The van der Waals surface area contributed by atoms with E-state index in [1.54, 1.807) is 7.05 Å². The van der Waals surface area contributed by atoms with E-state index in [0.717, 1.165) is 0 Å². The van der Waals surface area contributed by atoms with Gasteiger partial charge in [0.15, 0.2) is 0 Å². The van der Waals surface area contributed by atoms with Crippen molar-refractivity contribution >= 4 is 28.3 Å². The highest BCUT2D eigenvalue weighted by atomic mass is 35.5. The fraction of sp³-hybridized carbons (Fsp3) is 0.615. The lowest BCUT2D eigenvalue weighted by Crippen LogP contribution is -2.47. The van der Waals surface area contributed by atoms with E-state index >= 15 is 0 Å². The van der Waals surface area contributed by atoms with E-state index in [1.807, 2.05) is 6.92 Å². The van der Waals surface area contributed by atoms with Crippen molar-refractivity contribution in [3.63, 3.8) is 0 Å². The first-order chi connectivity index (χ1) is 9.77. The monoisotopic (exact) mass is 350 g/mol. The minimum absolute atomic E-state index is 0. The molecule has 9 heteroatoms. The van der Waals surface area contributed by atoms with Crippen molar-refractivity contribution in [3.05, 3.63) is 18.0 Å². The summed E-state index contributed by atoms with van der Waals surface area (Å²) in [5.74, 6) is -0.191. The van der Waals surface area contributed by atoms with Crippen LogP contribution in [0.15, 0.2) is 17.2 Å². The minimum Gasteiger partial charge on any atom is -0.354 e. The first-order valence-corrected chi connectivity index (χ1v) is 8.35. The number of nitrogens with two attached hydrogens (primary N) is 1. The first-order valence-electron chi connectivity index (χ1n) is 6.91. The minimum atomic E-state index is -3.58. The SMILES string of the molecule is CNC(=O)c1cc(S(=O)(=O)N2CCC(N)C(C)C2)cn1C.Cl. The van der Waals surface area contributed by atoms with Crippen molar-refractivity contribution in [3.8, 4) is 0 Å². The topological polar surface area (TPSA) is 97.4 Å². The van der Waals surface area contributed by atoms with Crippen molar-refractivity contribution in [1.82, 2.24) is 14.2 Å². The summed E-state index contributed by atoms with van der Waals surface area (Å²) >= 11 is 0. The van der Waals surface area contributed by atoms with Crippen LogP contribution in [0.4, 0.5) is 0 Å². The average molecular weight is 351 g/mol. The molecule has 2 atom stereocenters. The van der Waals surface area contributed by atoms with Crippen LogP contribution in [0.5, 0.6) is 0 Å². The number of carbonyl (C=O) groups excluding carboxylic acids is 1. The molecular formula is C13H23ClN4O3S. The smallest absolute Gasteiger partial charge is 0.267 e. The van der Waals surface area contributed by atoms with Crippen LogP contribution in [0.3, 0.4) is 0 Å². The quantitative estimate of drug-likeness (QED) is 0.811. The van der Waals surface area contributed by atoms with Gasteiger partial charge in [-0.3, -0.25) is 4.79 Å². The summed E-state index contributed by atoms with van der Waals surface area (Å²) in [6.45, 7) is 2.78. The van der Waals surface area contributed by atoms with Gasteiger partial charge in [-0.2, -0.15) is 4.31 Å². The van der Waals surface area contributed by atoms with Gasteiger partial charge >= 0.3 is 0 Å². The second-order valence-electron chi connectivity index (χ2n) is 5.54. The van der Waals surface area contributed by atoms with Crippen LogP contribution < -0.4 is 11.1 Å². The van der Waals surface area contributed by atoms with Crippen molar-refractivity contribution < 1.29 is 13.2 Å². The Bertz CT molecular complexity index is 644. The summed E-state index contributed by atoms with van der Waals surface area (Å²) in [7, 11) is -0.423. The molecule has 1 amide bonds. The number of rotatable bonds is 3. The molecule has 2 heterocycles. The predicted molar refractivity (Wildman–Crippen MR) is 86.6 cm³/mol. The molecule has 1 aliphatic heterocycles. The van der Waals surface area contributed by atoms with Crippen molar-refractivity contribution in [2.24, 2.45) is 18.7 Å². The number of nitrogens with zero attached hydrogens (tertiary/aromatic N) is 2. The highest BCUT2D eigenvalue weighted by Crippen LogP contribution is 2.24. The summed E-state index contributed by atoms with van der Waals surface area (Å²) in [4.78, 5) is 11.8. The Labute approximate surface area is 137 Å². The van der Waals surface area contributed by atoms with Gasteiger partial charge in [-0.15, -0.1) is 12.4 Å². The number of piperidine rings is 1. The van der Waals surface area contributed by atoms with Crippen LogP contribution >= 0.6 is 12.4 Å². The van der Waals surface area contributed by atoms with Crippen molar-refractivity contribution in [2.45, 2.75) is 24.3 Å². The van der Waals surface area contributed by atoms with Gasteiger partial charge in [0.05, 0.1) is 0 Å². The van der Waals surface area contributed by atoms with E-state index in [4.69, 9.17) is 5.73 Å². The Hall–Kier alpha value is -1.09. The number of amides is 1. The molecule has 1 fully saturated rings. The second-order valence-corrected chi connectivity index (χ2v) is 7.48. The maximum Gasteiger partial charge on any atom is 0.267 e. The van der Waals surface area contributed by atoms with Gasteiger partial charge in [0, 0.05) is 39.4 Å². The molecular weight excluding hydrogens is 328 g/mol. The van der Waals surface area contributed by atoms with Gasteiger partial charge in [-0.25, -0.2) is 8.42 Å². The molecule has 1 aromatic heterocycles. The molecule has 0 aliphatic carbocycles. The van der Waals surface area contributed by atoms with E-state index in [1.165, 1.54) is 28.2 Å². The number of aromatic nitrogens is 1. The standard InChI is InChI=1S/C13H22N4O3S.ClH/c1-9-7-17(5-4-11(9)14)21(19,20)10-6-12(13(18)15-2)16(3)8-10;/h6,8-9,11H,4-5,7,14H2,1-3H3,(H,15,18);1H. The first kappa shape index (κ1) is 19.0. The summed E-state index contributed by atoms with van der Waals surface area (Å²) in [6.07, 6.45) is 2.12. The zero-order valence-electron chi connectivity index (χ0n) is 12.9. The molecule has 1 aliphatic rings. The molecule has 22 heavy (non-hydrogen) atoms. The van der Waals surface area contributed by atoms with Gasteiger partial charge in [-0.1, -0.05) is 6.92 Å². The van der Waals surface area contributed by atoms with Gasteiger partial charge in [0.25, 0.3) is 5.91 Å². The molecule has 1 aromatic rings. The number of sulfonamides is 1. The summed E-state index contributed by atoms with van der Waals surface area (Å²) in [6, 6.07) is 1.45. The maximum atomic E-state index is 12.7. The molecule has 0 spiro atoms. The third-order valence-corrected chi connectivity index (χ3v) is 5.84. The number of halogens is 1. The number of hydrogen-bond acceptors (Lipinski definition) is 4. The normalized spacial score (nSPS) is 22.9. The number of hydrogen-bond donors (Lipinski definition) is 2. The van der Waals surface area contributed by atoms with E-state index in [-0.39, 0.29) is 35.2 Å². The number of carbonyl (C=O) groups is 1. The highest BCUT2D eigenvalue weighted by Gasteiger charge is 2.33. The Morgan fingerprint density at radius 3 is 2.64 bits per heavy atom. The maximum absolute atomic E-state index is 12.7. The van der Waals surface area contributed by atoms with Gasteiger partial charge in [-0.05, 0) is 18.4 Å². The lowest BCUT2D eigenvalue weighted by molar-refractivity contribution is 0.0955. The molecule has 0 saturated carbocycles. The molecule has 0 aromatic carbocycles. The van der Waals surface area contributed by atoms with Crippen LogP contribution in [0.2, 0.25) is 0 Å². The zero-order chi connectivity index (χ0) is 15.8. The number of aryl methyl sites for hydroxylation is 1. The summed E-state index contributed by atoms with van der Waals surface area (Å²) in [5, 5.41) is 2.49. The molecule has 7 nitrogen and oxygen atoms in total.